The van der Waals surface area contributed by atoms with Crippen LogP contribution in [-0.2, 0) is 13.0 Å². The molecule has 6 heteroatoms. The van der Waals surface area contributed by atoms with E-state index in [2.05, 4.69) is 16.0 Å². The minimum Gasteiger partial charge on any atom is -0.477 e. The summed E-state index contributed by atoms with van der Waals surface area (Å²) in [6, 6.07) is 9.23. The van der Waals surface area contributed by atoms with Crippen molar-refractivity contribution >= 4 is 11.9 Å². The predicted octanol–water partition coefficient (Wildman–Crippen LogP) is 1.37. The number of hydrogen-bond donors (Lipinski definition) is 1. The Hall–Kier alpha value is -2.76. The molecule has 0 spiro atoms. The molecular weight excluding hydrogens is 270 g/mol. The van der Waals surface area contributed by atoms with Gasteiger partial charge in [-0.3, -0.25) is 4.79 Å². The highest BCUT2D eigenvalue weighted by atomic mass is 16.4. The van der Waals surface area contributed by atoms with Crippen molar-refractivity contribution in [1.29, 1.82) is 0 Å². The number of nitrogens with zero attached hydrogens (tertiary/aromatic N) is 3. The lowest BCUT2D eigenvalue weighted by Gasteiger charge is -2.28. The summed E-state index contributed by atoms with van der Waals surface area (Å²) in [6.07, 6.45) is 2.07. The Balaban J connectivity index is 1.84. The molecule has 0 aliphatic carbocycles. The van der Waals surface area contributed by atoms with Gasteiger partial charge in [0.15, 0.2) is 5.69 Å². The zero-order valence-electron chi connectivity index (χ0n) is 11.2. The first-order chi connectivity index (χ1) is 10.1. The van der Waals surface area contributed by atoms with E-state index in [1.54, 1.807) is 4.90 Å². The highest BCUT2D eigenvalue weighted by Gasteiger charge is 2.24. The molecule has 1 N–H and O–H groups in total. The van der Waals surface area contributed by atoms with Gasteiger partial charge in [-0.15, -0.1) is 0 Å². The van der Waals surface area contributed by atoms with Crippen molar-refractivity contribution in [3.05, 3.63) is 59.2 Å². The van der Waals surface area contributed by atoms with Gasteiger partial charge in [0.2, 0.25) is 5.82 Å². The van der Waals surface area contributed by atoms with Crippen molar-refractivity contribution in [1.82, 2.24) is 14.9 Å². The molecule has 0 fully saturated rings. The average Bonchev–Trinajstić information content (AvgIpc) is 2.53. The number of fused-ring (bicyclic) bond motifs is 1. The zero-order valence-corrected chi connectivity index (χ0v) is 11.2. The van der Waals surface area contributed by atoms with E-state index in [0.717, 1.165) is 12.0 Å². The molecule has 1 aliphatic rings. The minimum absolute atomic E-state index is 0.0747. The number of carboxylic acids is 1. The summed E-state index contributed by atoms with van der Waals surface area (Å²) in [7, 11) is 0. The molecule has 106 valence electrons. The van der Waals surface area contributed by atoms with Crippen molar-refractivity contribution in [3.63, 3.8) is 0 Å². The largest absolute Gasteiger partial charge is 0.477 e. The summed E-state index contributed by atoms with van der Waals surface area (Å²) in [5.74, 6) is -1.59. The van der Waals surface area contributed by atoms with Gasteiger partial charge >= 0.3 is 5.97 Å². The normalized spacial score (nSPS) is 13.6. The number of aromatic carboxylic acids is 1. The van der Waals surface area contributed by atoms with Crippen molar-refractivity contribution in [3.8, 4) is 0 Å². The standard InChI is InChI=1S/C15H13N3O3/c19-14(13-16-7-5-12(17-13)15(20)21)18-8-6-10-3-1-2-4-11(10)9-18/h1-5,7H,6,8-9H2,(H,20,21). The van der Waals surface area contributed by atoms with Crippen LogP contribution in [-0.4, -0.2) is 38.4 Å². The van der Waals surface area contributed by atoms with Crippen molar-refractivity contribution < 1.29 is 14.7 Å². The van der Waals surface area contributed by atoms with Crippen LogP contribution in [0.4, 0.5) is 0 Å². The van der Waals surface area contributed by atoms with Crippen molar-refractivity contribution in [2.24, 2.45) is 0 Å². The molecule has 0 bridgehead atoms. The highest BCUT2D eigenvalue weighted by molar-refractivity contribution is 5.92. The minimum atomic E-state index is -1.17. The van der Waals surface area contributed by atoms with Gasteiger partial charge in [0.25, 0.3) is 5.91 Å². The number of hydrogen-bond acceptors (Lipinski definition) is 4. The van der Waals surface area contributed by atoms with Crippen LogP contribution >= 0.6 is 0 Å². The maximum absolute atomic E-state index is 12.4. The van der Waals surface area contributed by atoms with E-state index >= 15 is 0 Å². The maximum Gasteiger partial charge on any atom is 0.354 e. The number of benzene rings is 1. The van der Waals surface area contributed by atoms with Gasteiger partial charge in [-0.05, 0) is 23.6 Å². The number of rotatable bonds is 2. The average molecular weight is 283 g/mol. The summed E-state index contributed by atoms with van der Waals surface area (Å²) in [4.78, 5) is 32.6. The number of amides is 1. The highest BCUT2D eigenvalue weighted by Crippen LogP contribution is 2.19. The first kappa shape index (κ1) is 13.2. The molecule has 0 atom stereocenters. The Morgan fingerprint density at radius 2 is 1.90 bits per heavy atom. The summed E-state index contributed by atoms with van der Waals surface area (Å²) >= 11 is 0. The van der Waals surface area contributed by atoms with Gasteiger partial charge in [-0.2, -0.15) is 0 Å². The summed E-state index contributed by atoms with van der Waals surface area (Å²) in [5.41, 5.74) is 2.17. The predicted molar refractivity (Wildman–Crippen MR) is 73.9 cm³/mol. The fourth-order valence-corrected chi connectivity index (χ4v) is 2.39. The molecule has 1 amide bonds. The van der Waals surface area contributed by atoms with Crippen LogP contribution in [0.25, 0.3) is 0 Å². The Morgan fingerprint density at radius 1 is 1.14 bits per heavy atom. The molecular formula is C15H13N3O3. The Morgan fingerprint density at radius 3 is 2.67 bits per heavy atom. The molecule has 0 saturated heterocycles. The third kappa shape index (κ3) is 2.60. The number of aromatic nitrogens is 2. The van der Waals surface area contributed by atoms with E-state index in [1.807, 2.05) is 18.2 Å². The summed E-state index contributed by atoms with van der Waals surface area (Å²) in [5, 5.41) is 8.92. The first-order valence-electron chi connectivity index (χ1n) is 6.57. The smallest absolute Gasteiger partial charge is 0.354 e. The second-order valence-corrected chi connectivity index (χ2v) is 4.82. The fraction of sp³-hybridized carbons (Fsp3) is 0.200. The number of carboxylic acid groups (broad SMARTS) is 1. The fourth-order valence-electron chi connectivity index (χ4n) is 2.39. The third-order valence-electron chi connectivity index (χ3n) is 3.48. The second-order valence-electron chi connectivity index (χ2n) is 4.82. The van der Waals surface area contributed by atoms with Gasteiger partial charge < -0.3 is 10.0 Å². The molecule has 1 aliphatic heterocycles. The first-order valence-corrected chi connectivity index (χ1v) is 6.57. The molecule has 6 nitrogen and oxygen atoms in total. The molecule has 3 rings (SSSR count). The molecule has 1 aromatic carbocycles. The Kier molecular flexibility index (Phi) is 3.35. The SMILES string of the molecule is O=C(O)c1ccnc(C(=O)N2CCc3ccccc3C2)n1. The van der Waals surface area contributed by atoms with Crippen LogP contribution in [0.15, 0.2) is 36.5 Å². The molecule has 2 aromatic rings. The zero-order chi connectivity index (χ0) is 14.8. The molecule has 21 heavy (non-hydrogen) atoms. The molecule has 2 heterocycles. The van der Waals surface area contributed by atoms with E-state index in [4.69, 9.17) is 5.11 Å². The maximum atomic E-state index is 12.4. The van der Waals surface area contributed by atoms with E-state index < -0.39 is 5.97 Å². The molecule has 1 aromatic heterocycles. The lowest BCUT2D eigenvalue weighted by molar-refractivity contribution is 0.0688. The monoisotopic (exact) mass is 283 g/mol. The topological polar surface area (TPSA) is 83.4 Å². The van der Waals surface area contributed by atoms with Gasteiger partial charge in [0.1, 0.15) is 0 Å². The quantitative estimate of drug-likeness (QED) is 0.900. The molecule has 0 saturated carbocycles. The van der Waals surface area contributed by atoms with Crippen molar-refractivity contribution in [2.75, 3.05) is 6.54 Å². The molecule has 0 unspecified atom stereocenters. The Labute approximate surface area is 121 Å². The van der Waals surface area contributed by atoms with Crippen LogP contribution in [0.1, 0.15) is 32.2 Å². The van der Waals surface area contributed by atoms with Gasteiger partial charge in [-0.1, -0.05) is 24.3 Å². The summed E-state index contributed by atoms with van der Waals surface area (Å²) < 4.78 is 0. The van der Waals surface area contributed by atoms with Crippen LogP contribution < -0.4 is 0 Å². The van der Waals surface area contributed by atoms with E-state index in [0.29, 0.717) is 13.1 Å². The number of carbonyl (C=O) groups excluding carboxylic acids is 1. The number of carbonyl (C=O) groups is 2. The van der Waals surface area contributed by atoms with Crippen LogP contribution in [0.5, 0.6) is 0 Å². The Bertz CT molecular complexity index is 715. The van der Waals surface area contributed by atoms with Crippen LogP contribution in [0.2, 0.25) is 0 Å². The lowest BCUT2D eigenvalue weighted by Crippen LogP contribution is -2.37. The van der Waals surface area contributed by atoms with Gasteiger partial charge in [-0.25, -0.2) is 14.8 Å². The van der Waals surface area contributed by atoms with E-state index in [9.17, 15) is 9.59 Å². The summed E-state index contributed by atoms with van der Waals surface area (Å²) in [6.45, 7) is 1.08. The molecule has 0 radical (unpaired) electrons. The van der Waals surface area contributed by atoms with Gasteiger partial charge in [0, 0.05) is 19.3 Å². The van der Waals surface area contributed by atoms with Crippen LogP contribution in [0, 0.1) is 0 Å². The third-order valence-corrected chi connectivity index (χ3v) is 3.48. The lowest BCUT2D eigenvalue weighted by atomic mass is 10.00. The van der Waals surface area contributed by atoms with E-state index in [-0.39, 0.29) is 17.4 Å². The van der Waals surface area contributed by atoms with E-state index in [1.165, 1.54) is 17.8 Å². The second kappa shape index (κ2) is 5.32. The van der Waals surface area contributed by atoms with Crippen LogP contribution in [0.3, 0.4) is 0 Å². The van der Waals surface area contributed by atoms with Crippen molar-refractivity contribution in [2.45, 2.75) is 13.0 Å². The van der Waals surface area contributed by atoms with Gasteiger partial charge in [0.05, 0.1) is 0 Å².